The Hall–Kier alpha value is -1.48. The molecule has 1 aromatic carbocycles. The molecule has 0 saturated carbocycles. The first-order valence-electron chi connectivity index (χ1n) is 4.98. The largest absolute Gasteiger partial charge is 0.486 e. The average molecular weight is 206 g/mol. The van der Waals surface area contributed by atoms with Crippen LogP contribution in [0.2, 0.25) is 0 Å². The van der Waals surface area contributed by atoms with Gasteiger partial charge in [-0.3, -0.25) is 0 Å². The van der Waals surface area contributed by atoms with E-state index < -0.39 is 0 Å². The highest BCUT2D eigenvalue weighted by atomic mass is 16.6. The van der Waals surface area contributed by atoms with Gasteiger partial charge in [0.15, 0.2) is 17.6 Å². The zero-order valence-corrected chi connectivity index (χ0v) is 8.48. The Labute approximate surface area is 88.9 Å². The van der Waals surface area contributed by atoms with E-state index in [1.165, 1.54) is 0 Å². The monoisotopic (exact) mass is 206 g/mol. The van der Waals surface area contributed by atoms with Gasteiger partial charge in [0.25, 0.3) is 0 Å². The highest BCUT2D eigenvalue weighted by molar-refractivity contribution is 5.48. The maximum atomic E-state index is 9.01. The third kappa shape index (κ3) is 1.97. The van der Waals surface area contributed by atoms with Crippen molar-refractivity contribution in [2.24, 2.45) is 0 Å². The normalized spacial score (nSPS) is 18.6. The highest BCUT2D eigenvalue weighted by Crippen LogP contribution is 2.35. The number of rotatable bonds is 3. The number of aliphatic hydroxyl groups is 1. The van der Waals surface area contributed by atoms with Crippen molar-refractivity contribution in [3.05, 3.63) is 36.4 Å². The fourth-order valence-corrected chi connectivity index (χ4v) is 1.60. The smallest absolute Gasteiger partial charge is 0.165 e. The van der Waals surface area contributed by atoms with Gasteiger partial charge in [-0.15, -0.1) is 6.58 Å². The summed E-state index contributed by atoms with van der Waals surface area (Å²) in [6, 6.07) is 5.78. The predicted molar refractivity (Wildman–Crippen MR) is 57.3 cm³/mol. The minimum absolute atomic E-state index is 0.0259. The molecular formula is C12H14O3. The quantitative estimate of drug-likeness (QED) is 0.762. The van der Waals surface area contributed by atoms with Gasteiger partial charge in [0.2, 0.25) is 0 Å². The molecule has 0 aromatic heterocycles. The van der Waals surface area contributed by atoms with Crippen molar-refractivity contribution >= 4 is 0 Å². The van der Waals surface area contributed by atoms with Crippen LogP contribution in [-0.2, 0) is 6.42 Å². The Morgan fingerprint density at radius 2 is 2.40 bits per heavy atom. The topological polar surface area (TPSA) is 38.7 Å². The third-order valence-corrected chi connectivity index (χ3v) is 2.34. The molecule has 0 fully saturated rings. The Kier molecular flexibility index (Phi) is 2.92. The van der Waals surface area contributed by atoms with Crippen LogP contribution in [0, 0.1) is 0 Å². The maximum absolute atomic E-state index is 9.01. The molecule has 0 amide bonds. The summed E-state index contributed by atoms with van der Waals surface area (Å²) in [4.78, 5) is 0. The Balaban J connectivity index is 2.31. The zero-order chi connectivity index (χ0) is 10.7. The zero-order valence-electron chi connectivity index (χ0n) is 8.48. The van der Waals surface area contributed by atoms with Crippen molar-refractivity contribution in [1.82, 2.24) is 0 Å². The van der Waals surface area contributed by atoms with Crippen LogP contribution in [0.4, 0.5) is 0 Å². The fourth-order valence-electron chi connectivity index (χ4n) is 1.60. The fraction of sp³-hybridized carbons (Fsp3) is 0.333. The van der Waals surface area contributed by atoms with E-state index in [1.807, 2.05) is 24.3 Å². The predicted octanol–water partition coefficient (Wildman–Crippen LogP) is 1.55. The lowest BCUT2D eigenvalue weighted by Crippen LogP contribution is -2.32. The second-order valence-electron chi connectivity index (χ2n) is 3.47. The first kappa shape index (κ1) is 10.1. The molecule has 15 heavy (non-hydrogen) atoms. The lowest BCUT2D eigenvalue weighted by atomic mass is 10.1. The van der Waals surface area contributed by atoms with Gasteiger partial charge in [-0.05, 0) is 12.5 Å². The van der Waals surface area contributed by atoms with Crippen molar-refractivity contribution < 1.29 is 14.6 Å². The van der Waals surface area contributed by atoms with Crippen LogP contribution in [0.15, 0.2) is 30.9 Å². The van der Waals surface area contributed by atoms with Crippen LogP contribution >= 0.6 is 0 Å². The Morgan fingerprint density at radius 3 is 3.13 bits per heavy atom. The lowest BCUT2D eigenvalue weighted by molar-refractivity contribution is 0.0448. The van der Waals surface area contributed by atoms with Crippen LogP contribution in [0.3, 0.4) is 0 Å². The molecule has 1 atom stereocenters. The van der Waals surface area contributed by atoms with Crippen LogP contribution in [0.25, 0.3) is 0 Å². The summed E-state index contributed by atoms with van der Waals surface area (Å²) in [5, 5.41) is 9.01. The summed E-state index contributed by atoms with van der Waals surface area (Å²) in [6.45, 7) is 4.08. The minimum atomic E-state index is -0.261. The van der Waals surface area contributed by atoms with E-state index in [-0.39, 0.29) is 12.7 Å². The molecule has 1 N–H and O–H groups in total. The number of allylic oxidation sites excluding steroid dienone is 1. The number of ether oxygens (including phenoxy) is 2. The van der Waals surface area contributed by atoms with E-state index in [0.29, 0.717) is 6.61 Å². The molecule has 3 nitrogen and oxygen atoms in total. The number of hydrogen-bond acceptors (Lipinski definition) is 3. The van der Waals surface area contributed by atoms with Crippen LogP contribution < -0.4 is 9.47 Å². The molecule has 1 aliphatic rings. The van der Waals surface area contributed by atoms with E-state index >= 15 is 0 Å². The standard InChI is InChI=1S/C12H14O3/c1-2-4-9-5-3-6-11-12(9)15-10(7-13)8-14-11/h2-3,5-6,10,13H,1,4,7-8H2/t10-/m0/s1. The number of hydrogen-bond donors (Lipinski definition) is 1. The number of fused-ring (bicyclic) bond motifs is 1. The highest BCUT2D eigenvalue weighted by Gasteiger charge is 2.22. The van der Waals surface area contributed by atoms with Crippen LogP contribution in [0.5, 0.6) is 11.5 Å². The van der Waals surface area contributed by atoms with Crippen LogP contribution in [0.1, 0.15) is 5.56 Å². The molecule has 1 aliphatic heterocycles. The lowest BCUT2D eigenvalue weighted by Gasteiger charge is -2.26. The van der Waals surface area contributed by atoms with E-state index in [2.05, 4.69) is 6.58 Å². The van der Waals surface area contributed by atoms with Crippen molar-refractivity contribution in [1.29, 1.82) is 0 Å². The molecule has 0 radical (unpaired) electrons. The summed E-state index contributed by atoms with van der Waals surface area (Å²) >= 11 is 0. The van der Waals surface area contributed by atoms with E-state index in [9.17, 15) is 0 Å². The first-order valence-corrected chi connectivity index (χ1v) is 4.98. The maximum Gasteiger partial charge on any atom is 0.165 e. The van der Waals surface area contributed by atoms with Gasteiger partial charge in [-0.2, -0.15) is 0 Å². The molecule has 1 aromatic rings. The van der Waals surface area contributed by atoms with Gasteiger partial charge < -0.3 is 14.6 Å². The van der Waals surface area contributed by atoms with Crippen molar-refractivity contribution in [3.8, 4) is 11.5 Å². The molecule has 0 spiro atoms. The molecule has 3 heteroatoms. The van der Waals surface area contributed by atoms with Gasteiger partial charge in [0.1, 0.15) is 6.61 Å². The SMILES string of the molecule is C=CCc1cccc2c1O[C@@H](CO)CO2. The van der Waals surface area contributed by atoms with Gasteiger partial charge in [0, 0.05) is 5.56 Å². The van der Waals surface area contributed by atoms with Crippen molar-refractivity contribution in [2.75, 3.05) is 13.2 Å². The molecule has 80 valence electrons. The van der Waals surface area contributed by atoms with Gasteiger partial charge in [-0.1, -0.05) is 18.2 Å². The average Bonchev–Trinajstić information content (AvgIpc) is 2.29. The third-order valence-electron chi connectivity index (χ3n) is 2.34. The van der Waals surface area contributed by atoms with Gasteiger partial charge >= 0.3 is 0 Å². The summed E-state index contributed by atoms with van der Waals surface area (Å²) in [5.41, 5.74) is 1.04. The van der Waals surface area contributed by atoms with Crippen molar-refractivity contribution in [3.63, 3.8) is 0 Å². The molecule has 0 bridgehead atoms. The number of para-hydroxylation sites is 1. The summed E-state index contributed by atoms with van der Waals surface area (Å²) in [5.74, 6) is 1.49. The van der Waals surface area contributed by atoms with Gasteiger partial charge in [0.05, 0.1) is 6.61 Å². The van der Waals surface area contributed by atoms with Crippen LogP contribution in [-0.4, -0.2) is 24.4 Å². The van der Waals surface area contributed by atoms with E-state index in [1.54, 1.807) is 0 Å². The second-order valence-corrected chi connectivity index (χ2v) is 3.47. The van der Waals surface area contributed by atoms with E-state index in [0.717, 1.165) is 23.5 Å². The molecular weight excluding hydrogens is 192 g/mol. The number of aliphatic hydroxyl groups excluding tert-OH is 1. The second kappa shape index (κ2) is 4.36. The first-order chi connectivity index (χ1) is 7.35. The minimum Gasteiger partial charge on any atom is -0.486 e. The molecule has 0 aliphatic carbocycles. The molecule has 1 heterocycles. The molecule has 0 saturated heterocycles. The van der Waals surface area contributed by atoms with E-state index in [4.69, 9.17) is 14.6 Å². The summed E-state index contributed by atoms with van der Waals surface area (Å²) in [7, 11) is 0. The Morgan fingerprint density at radius 1 is 1.53 bits per heavy atom. The Bertz CT molecular complexity index is 360. The molecule has 2 rings (SSSR count). The van der Waals surface area contributed by atoms with Gasteiger partial charge in [-0.25, -0.2) is 0 Å². The summed E-state index contributed by atoms with van der Waals surface area (Å²) < 4.78 is 11.1. The summed E-state index contributed by atoms with van der Waals surface area (Å²) in [6.07, 6.45) is 2.30. The van der Waals surface area contributed by atoms with Crippen molar-refractivity contribution in [2.45, 2.75) is 12.5 Å². The molecule has 0 unspecified atom stereocenters. The number of benzene rings is 1.